The molecule has 0 aromatic carbocycles. The van der Waals surface area contributed by atoms with Gasteiger partial charge in [0, 0.05) is 6.42 Å². The van der Waals surface area contributed by atoms with Gasteiger partial charge in [0.1, 0.15) is 0 Å². The van der Waals surface area contributed by atoms with Gasteiger partial charge in [-0.05, 0) is 93.5 Å². The maximum absolute atomic E-state index is 11.8. The molecule has 0 heterocycles. The Morgan fingerprint density at radius 1 is 1.13 bits per heavy atom. The Labute approximate surface area is 141 Å². The number of carbonyl (C=O) groups excluding carboxylic acids is 1. The van der Waals surface area contributed by atoms with Crippen LogP contribution in [0.1, 0.15) is 65.7 Å². The Balaban J connectivity index is 1.56. The standard InChI is InChI=1S/C21H32O2/c1-13(2)23-20-9-8-19-18-6-4-14-12-15(22)5-7-16(14)17(18)10-11-21(19,20)3/h5,7,13-14,16-20H,4,6,8-12H2,1-3H3/t14-,16?,17+,18?,19-,20-,21-/m0/s1. The molecule has 4 rings (SSSR count). The molecule has 3 saturated carbocycles. The molecule has 0 aromatic rings. The first kappa shape index (κ1) is 15.9. The van der Waals surface area contributed by atoms with Crippen LogP contribution in [0.3, 0.4) is 0 Å². The van der Waals surface area contributed by atoms with Crippen LogP contribution in [0.25, 0.3) is 0 Å². The van der Waals surface area contributed by atoms with Gasteiger partial charge in [0.25, 0.3) is 0 Å². The highest BCUT2D eigenvalue weighted by Gasteiger charge is 2.57. The average Bonchev–Trinajstić information content (AvgIpc) is 2.83. The molecule has 128 valence electrons. The normalized spacial score (nSPS) is 49.0. The molecule has 0 aliphatic heterocycles. The van der Waals surface area contributed by atoms with Crippen molar-refractivity contribution in [1.29, 1.82) is 0 Å². The van der Waals surface area contributed by atoms with E-state index in [2.05, 4.69) is 26.8 Å². The third kappa shape index (κ3) is 2.52. The van der Waals surface area contributed by atoms with Gasteiger partial charge in [0.15, 0.2) is 5.78 Å². The lowest BCUT2D eigenvalue weighted by Gasteiger charge is -2.54. The van der Waals surface area contributed by atoms with E-state index in [-0.39, 0.29) is 0 Å². The molecule has 0 spiro atoms. The number of hydrogen-bond acceptors (Lipinski definition) is 2. The molecule has 0 aromatic heterocycles. The predicted octanol–water partition coefficient (Wildman–Crippen LogP) is 4.78. The number of carbonyl (C=O) groups is 1. The third-order valence-corrected chi connectivity index (χ3v) is 7.72. The van der Waals surface area contributed by atoms with Gasteiger partial charge in [-0.2, -0.15) is 0 Å². The van der Waals surface area contributed by atoms with Crippen LogP contribution in [0.15, 0.2) is 12.2 Å². The van der Waals surface area contributed by atoms with Crippen LogP contribution in [0.4, 0.5) is 0 Å². The van der Waals surface area contributed by atoms with Crippen LogP contribution >= 0.6 is 0 Å². The van der Waals surface area contributed by atoms with Gasteiger partial charge in [-0.3, -0.25) is 4.79 Å². The smallest absolute Gasteiger partial charge is 0.155 e. The van der Waals surface area contributed by atoms with Crippen LogP contribution in [0.2, 0.25) is 0 Å². The lowest BCUT2D eigenvalue weighted by Crippen LogP contribution is -2.49. The summed E-state index contributed by atoms with van der Waals surface area (Å²) >= 11 is 0. The van der Waals surface area contributed by atoms with E-state index in [0.717, 1.165) is 24.2 Å². The van der Waals surface area contributed by atoms with E-state index >= 15 is 0 Å². The van der Waals surface area contributed by atoms with Crippen molar-refractivity contribution >= 4 is 5.78 Å². The van der Waals surface area contributed by atoms with Gasteiger partial charge in [-0.15, -0.1) is 0 Å². The molecule has 0 amide bonds. The molecule has 2 nitrogen and oxygen atoms in total. The molecule has 7 atom stereocenters. The van der Waals surface area contributed by atoms with Crippen molar-refractivity contribution in [2.75, 3.05) is 0 Å². The fourth-order valence-electron chi connectivity index (χ4n) is 6.75. The van der Waals surface area contributed by atoms with Crippen molar-refractivity contribution in [2.24, 2.45) is 35.0 Å². The van der Waals surface area contributed by atoms with Crippen LogP contribution in [0.5, 0.6) is 0 Å². The number of ketones is 1. The minimum Gasteiger partial charge on any atom is -0.375 e. The molecule has 0 saturated heterocycles. The Hall–Kier alpha value is -0.630. The summed E-state index contributed by atoms with van der Waals surface area (Å²) in [6, 6.07) is 0. The van der Waals surface area contributed by atoms with Crippen LogP contribution in [-0.4, -0.2) is 18.0 Å². The quantitative estimate of drug-likeness (QED) is 0.733. The van der Waals surface area contributed by atoms with Crippen LogP contribution in [-0.2, 0) is 9.53 Å². The Morgan fingerprint density at radius 3 is 2.74 bits per heavy atom. The van der Waals surface area contributed by atoms with Crippen LogP contribution < -0.4 is 0 Å². The zero-order valence-corrected chi connectivity index (χ0v) is 15.0. The van der Waals surface area contributed by atoms with Crippen molar-refractivity contribution < 1.29 is 9.53 Å². The molecule has 0 radical (unpaired) electrons. The second-order valence-electron chi connectivity index (χ2n) is 9.17. The topological polar surface area (TPSA) is 26.3 Å². The zero-order valence-electron chi connectivity index (χ0n) is 15.0. The first-order valence-corrected chi connectivity index (χ1v) is 9.85. The van der Waals surface area contributed by atoms with Crippen molar-refractivity contribution in [3.05, 3.63) is 12.2 Å². The van der Waals surface area contributed by atoms with E-state index in [9.17, 15) is 4.79 Å². The number of fused-ring (bicyclic) bond motifs is 5. The maximum atomic E-state index is 11.8. The summed E-state index contributed by atoms with van der Waals surface area (Å²) in [6.07, 6.45) is 13.7. The fraction of sp³-hybridized carbons (Fsp3) is 0.857. The molecule has 0 bridgehead atoms. The second-order valence-corrected chi connectivity index (χ2v) is 9.17. The van der Waals surface area contributed by atoms with E-state index in [1.807, 2.05) is 6.08 Å². The minimum absolute atomic E-state index is 0.344. The first-order valence-electron chi connectivity index (χ1n) is 9.85. The molecule has 4 aliphatic carbocycles. The van der Waals surface area contributed by atoms with Gasteiger partial charge >= 0.3 is 0 Å². The summed E-state index contributed by atoms with van der Waals surface area (Å²) in [7, 11) is 0. The highest BCUT2D eigenvalue weighted by atomic mass is 16.5. The molecule has 23 heavy (non-hydrogen) atoms. The molecular weight excluding hydrogens is 284 g/mol. The fourth-order valence-corrected chi connectivity index (χ4v) is 6.75. The largest absolute Gasteiger partial charge is 0.375 e. The second kappa shape index (κ2) is 5.72. The molecule has 2 heteroatoms. The van der Waals surface area contributed by atoms with Gasteiger partial charge < -0.3 is 4.74 Å². The molecule has 2 unspecified atom stereocenters. The average molecular weight is 316 g/mol. The van der Waals surface area contributed by atoms with E-state index in [1.54, 1.807) is 0 Å². The van der Waals surface area contributed by atoms with E-state index in [4.69, 9.17) is 4.74 Å². The SMILES string of the molecule is CC(C)O[C@H]1CC[C@H]2C3CC[C@H]4CC(=O)C=CC4[C@H]3CC[C@]12C. The van der Waals surface area contributed by atoms with Crippen molar-refractivity contribution in [3.63, 3.8) is 0 Å². The van der Waals surface area contributed by atoms with Crippen molar-refractivity contribution in [2.45, 2.75) is 77.9 Å². The first-order chi connectivity index (χ1) is 11.0. The number of hydrogen-bond donors (Lipinski definition) is 0. The summed E-state index contributed by atoms with van der Waals surface area (Å²) in [6.45, 7) is 6.87. The lowest BCUT2D eigenvalue weighted by atomic mass is 9.51. The van der Waals surface area contributed by atoms with Crippen molar-refractivity contribution in [1.82, 2.24) is 0 Å². The van der Waals surface area contributed by atoms with E-state index in [0.29, 0.717) is 35.2 Å². The highest BCUT2D eigenvalue weighted by Crippen LogP contribution is 2.62. The van der Waals surface area contributed by atoms with E-state index < -0.39 is 0 Å². The molecular formula is C21H32O2. The Kier molecular flexibility index (Phi) is 3.95. The summed E-state index contributed by atoms with van der Waals surface area (Å²) < 4.78 is 6.33. The molecule has 0 N–H and O–H groups in total. The highest BCUT2D eigenvalue weighted by molar-refractivity contribution is 5.90. The van der Waals surface area contributed by atoms with Gasteiger partial charge in [-0.25, -0.2) is 0 Å². The maximum Gasteiger partial charge on any atom is 0.155 e. The summed E-state index contributed by atoms with van der Waals surface area (Å²) in [5.41, 5.74) is 0.395. The predicted molar refractivity (Wildman–Crippen MR) is 92.0 cm³/mol. The molecule has 3 fully saturated rings. The third-order valence-electron chi connectivity index (χ3n) is 7.72. The van der Waals surface area contributed by atoms with E-state index in [1.165, 1.54) is 38.5 Å². The minimum atomic E-state index is 0.344. The van der Waals surface area contributed by atoms with Gasteiger partial charge in [0.05, 0.1) is 12.2 Å². The van der Waals surface area contributed by atoms with Gasteiger partial charge in [-0.1, -0.05) is 13.0 Å². The van der Waals surface area contributed by atoms with Gasteiger partial charge in [0.2, 0.25) is 0 Å². The summed E-state index contributed by atoms with van der Waals surface area (Å²) in [5, 5.41) is 0. The Bertz CT molecular complexity index is 508. The summed E-state index contributed by atoms with van der Waals surface area (Å²) in [5.74, 6) is 4.22. The summed E-state index contributed by atoms with van der Waals surface area (Å²) in [4.78, 5) is 11.8. The number of allylic oxidation sites excluding steroid dienone is 2. The molecule has 4 aliphatic rings. The Morgan fingerprint density at radius 2 is 1.96 bits per heavy atom. The lowest BCUT2D eigenvalue weighted by molar-refractivity contribution is -0.120. The number of ether oxygens (including phenoxy) is 1. The number of rotatable bonds is 2. The van der Waals surface area contributed by atoms with Crippen LogP contribution in [0, 0.1) is 35.0 Å². The van der Waals surface area contributed by atoms with Crippen molar-refractivity contribution in [3.8, 4) is 0 Å². The monoisotopic (exact) mass is 316 g/mol. The zero-order chi connectivity index (χ0) is 16.2.